The summed E-state index contributed by atoms with van der Waals surface area (Å²) in [6, 6.07) is 13.4. The van der Waals surface area contributed by atoms with Crippen LogP contribution in [-0.4, -0.2) is 57.1 Å². The topological polar surface area (TPSA) is 96.0 Å². The number of hydrogen-bond donors (Lipinski definition) is 1. The number of aryl methyl sites for hydroxylation is 1. The van der Waals surface area contributed by atoms with Crippen LogP contribution in [0.25, 0.3) is 0 Å². The van der Waals surface area contributed by atoms with E-state index in [-0.39, 0.29) is 12.5 Å². The van der Waals surface area contributed by atoms with Gasteiger partial charge in [0.2, 0.25) is 21.8 Å². The summed E-state index contributed by atoms with van der Waals surface area (Å²) >= 11 is 0. The molecule has 0 saturated heterocycles. The van der Waals surface area contributed by atoms with E-state index >= 15 is 0 Å². The monoisotopic (exact) mass is 489 g/mol. The van der Waals surface area contributed by atoms with Gasteiger partial charge in [0, 0.05) is 13.1 Å². The summed E-state index contributed by atoms with van der Waals surface area (Å²) in [6.45, 7) is 8.14. The second-order valence-corrected chi connectivity index (χ2v) is 10.1. The third-order valence-corrected chi connectivity index (χ3v) is 6.41. The van der Waals surface area contributed by atoms with E-state index in [1.165, 1.54) is 4.90 Å². The summed E-state index contributed by atoms with van der Waals surface area (Å²) in [5.41, 5.74) is 2.23. The van der Waals surface area contributed by atoms with Gasteiger partial charge in [0.05, 0.1) is 18.6 Å². The Kier molecular flexibility index (Phi) is 9.92. The van der Waals surface area contributed by atoms with E-state index in [9.17, 15) is 18.0 Å². The van der Waals surface area contributed by atoms with Gasteiger partial charge < -0.3 is 15.0 Å². The van der Waals surface area contributed by atoms with Gasteiger partial charge in [-0.3, -0.25) is 13.9 Å². The molecule has 2 rings (SSSR count). The fourth-order valence-corrected chi connectivity index (χ4v) is 4.32. The molecule has 9 heteroatoms. The molecule has 0 radical (unpaired) electrons. The van der Waals surface area contributed by atoms with Crippen LogP contribution in [0.15, 0.2) is 48.5 Å². The molecule has 0 heterocycles. The van der Waals surface area contributed by atoms with Crippen molar-refractivity contribution < 1.29 is 22.7 Å². The molecule has 8 nitrogen and oxygen atoms in total. The number of nitrogens with one attached hydrogen (secondary N) is 1. The summed E-state index contributed by atoms with van der Waals surface area (Å²) < 4.78 is 31.7. The lowest BCUT2D eigenvalue weighted by molar-refractivity contribution is -0.139. The Balaban J connectivity index is 2.35. The van der Waals surface area contributed by atoms with Gasteiger partial charge in [-0.2, -0.15) is 0 Å². The number of rotatable bonds is 12. The molecule has 0 aliphatic carbocycles. The van der Waals surface area contributed by atoms with E-state index in [0.717, 1.165) is 28.1 Å². The number of carbonyl (C=O) groups excluding carboxylic acids is 2. The van der Waals surface area contributed by atoms with Crippen LogP contribution in [0.3, 0.4) is 0 Å². The van der Waals surface area contributed by atoms with E-state index in [4.69, 9.17) is 4.74 Å². The van der Waals surface area contributed by atoms with Gasteiger partial charge in [0.1, 0.15) is 18.3 Å². The Bertz CT molecular complexity index is 1070. The smallest absolute Gasteiger partial charge is 0.244 e. The molecule has 2 aromatic rings. The molecular weight excluding hydrogens is 454 g/mol. The normalized spacial score (nSPS) is 12.0. The van der Waals surface area contributed by atoms with E-state index in [1.54, 1.807) is 31.2 Å². The zero-order valence-corrected chi connectivity index (χ0v) is 21.4. The molecule has 1 atom stereocenters. The molecule has 1 N–H and O–H groups in total. The maximum absolute atomic E-state index is 13.5. The largest absolute Gasteiger partial charge is 0.494 e. The first-order valence-corrected chi connectivity index (χ1v) is 13.2. The first kappa shape index (κ1) is 27.2. The van der Waals surface area contributed by atoms with Crippen molar-refractivity contribution in [2.24, 2.45) is 0 Å². The van der Waals surface area contributed by atoms with Crippen molar-refractivity contribution in [2.45, 2.75) is 46.7 Å². The molecule has 186 valence electrons. The van der Waals surface area contributed by atoms with Crippen molar-refractivity contribution in [1.29, 1.82) is 0 Å². The SMILES string of the molecule is CCCNC(=O)[C@H](C)N(Cc1cccc(C)c1)C(=O)CN(c1ccc(OCC)cc1)S(C)(=O)=O. The van der Waals surface area contributed by atoms with Crippen molar-refractivity contribution >= 4 is 27.5 Å². The molecule has 34 heavy (non-hydrogen) atoms. The maximum Gasteiger partial charge on any atom is 0.244 e. The zero-order chi connectivity index (χ0) is 25.3. The fourth-order valence-electron chi connectivity index (χ4n) is 3.47. The van der Waals surface area contributed by atoms with Crippen LogP contribution in [-0.2, 0) is 26.2 Å². The van der Waals surface area contributed by atoms with Crippen LogP contribution in [0.1, 0.15) is 38.3 Å². The van der Waals surface area contributed by atoms with Crippen LogP contribution in [0.4, 0.5) is 5.69 Å². The summed E-state index contributed by atoms with van der Waals surface area (Å²) in [5.74, 6) is -0.150. The fraction of sp³-hybridized carbons (Fsp3) is 0.440. The molecular formula is C25H35N3O5S. The van der Waals surface area contributed by atoms with Crippen LogP contribution >= 0.6 is 0 Å². The highest BCUT2D eigenvalue weighted by molar-refractivity contribution is 7.92. The van der Waals surface area contributed by atoms with E-state index in [0.29, 0.717) is 24.6 Å². The molecule has 2 amide bonds. The highest BCUT2D eigenvalue weighted by atomic mass is 32.2. The van der Waals surface area contributed by atoms with Crippen LogP contribution in [0, 0.1) is 6.92 Å². The van der Waals surface area contributed by atoms with Gasteiger partial charge in [0.15, 0.2) is 0 Å². The van der Waals surface area contributed by atoms with Crippen molar-refractivity contribution in [2.75, 3.05) is 30.3 Å². The zero-order valence-electron chi connectivity index (χ0n) is 20.6. The minimum absolute atomic E-state index is 0.183. The second-order valence-electron chi connectivity index (χ2n) is 8.17. The minimum atomic E-state index is -3.77. The highest BCUT2D eigenvalue weighted by Crippen LogP contribution is 2.22. The van der Waals surface area contributed by atoms with Crippen molar-refractivity contribution in [1.82, 2.24) is 10.2 Å². The van der Waals surface area contributed by atoms with Crippen LogP contribution in [0.2, 0.25) is 0 Å². The summed E-state index contributed by atoms with van der Waals surface area (Å²) in [4.78, 5) is 27.6. The maximum atomic E-state index is 13.5. The third kappa shape index (κ3) is 7.76. The van der Waals surface area contributed by atoms with Crippen LogP contribution in [0.5, 0.6) is 5.75 Å². The Labute approximate surface area is 202 Å². The lowest BCUT2D eigenvalue weighted by atomic mass is 10.1. The van der Waals surface area contributed by atoms with Crippen molar-refractivity contribution in [3.63, 3.8) is 0 Å². The van der Waals surface area contributed by atoms with E-state index < -0.39 is 28.5 Å². The average molecular weight is 490 g/mol. The Morgan fingerprint density at radius 2 is 1.76 bits per heavy atom. The number of nitrogens with zero attached hydrogens (tertiary/aromatic N) is 2. The van der Waals surface area contributed by atoms with E-state index in [1.807, 2.05) is 45.0 Å². The van der Waals surface area contributed by atoms with E-state index in [2.05, 4.69) is 5.32 Å². The molecule has 0 spiro atoms. The van der Waals surface area contributed by atoms with Crippen molar-refractivity contribution in [3.05, 3.63) is 59.7 Å². The Morgan fingerprint density at radius 3 is 2.32 bits per heavy atom. The van der Waals surface area contributed by atoms with Crippen molar-refractivity contribution in [3.8, 4) is 5.75 Å². The van der Waals surface area contributed by atoms with Gasteiger partial charge >= 0.3 is 0 Å². The summed E-state index contributed by atoms with van der Waals surface area (Å²) in [5, 5.41) is 2.82. The molecule has 0 bridgehead atoms. The Hall–Kier alpha value is -3.07. The molecule has 0 aliphatic rings. The predicted molar refractivity (Wildman–Crippen MR) is 134 cm³/mol. The van der Waals surface area contributed by atoms with Gasteiger partial charge in [-0.25, -0.2) is 8.42 Å². The first-order valence-electron chi connectivity index (χ1n) is 11.4. The third-order valence-electron chi connectivity index (χ3n) is 5.27. The minimum Gasteiger partial charge on any atom is -0.494 e. The number of amides is 2. The molecule has 0 unspecified atom stereocenters. The second kappa shape index (κ2) is 12.4. The molecule has 2 aromatic carbocycles. The number of sulfonamides is 1. The van der Waals surface area contributed by atoms with Gasteiger partial charge in [0.25, 0.3) is 0 Å². The molecule has 0 aromatic heterocycles. The lowest BCUT2D eigenvalue weighted by Gasteiger charge is -2.31. The molecule has 0 aliphatic heterocycles. The first-order chi connectivity index (χ1) is 16.1. The number of hydrogen-bond acceptors (Lipinski definition) is 5. The number of benzene rings is 2. The van der Waals surface area contributed by atoms with Gasteiger partial charge in [-0.1, -0.05) is 36.8 Å². The quantitative estimate of drug-likeness (QED) is 0.494. The van der Waals surface area contributed by atoms with Crippen LogP contribution < -0.4 is 14.4 Å². The average Bonchev–Trinajstić information content (AvgIpc) is 2.79. The summed E-state index contributed by atoms with van der Waals surface area (Å²) in [7, 11) is -3.77. The number of ether oxygens (including phenoxy) is 1. The Morgan fingerprint density at radius 1 is 1.09 bits per heavy atom. The summed E-state index contributed by atoms with van der Waals surface area (Å²) in [6.07, 6.45) is 1.82. The van der Waals surface area contributed by atoms with Gasteiger partial charge in [-0.15, -0.1) is 0 Å². The number of anilines is 1. The van der Waals surface area contributed by atoms with Gasteiger partial charge in [-0.05, 0) is 57.0 Å². The standard InChI is InChI=1S/C25H35N3O5S/c1-6-15-26-25(30)20(4)27(17-21-10-8-9-19(3)16-21)24(29)18-28(34(5,31)32)22-11-13-23(14-12-22)33-7-2/h8-14,16,20H,6-7,15,17-18H2,1-5H3,(H,26,30)/t20-/m0/s1. The highest BCUT2D eigenvalue weighted by Gasteiger charge is 2.30. The predicted octanol–water partition coefficient (Wildman–Crippen LogP) is 3.10. The lowest BCUT2D eigenvalue weighted by Crippen LogP contribution is -2.51. The molecule has 0 fully saturated rings. The number of carbonyl (C=O) groups is 2. The molecule has 0 saturated carbocycles.